The number of ether oxygens (including phenoxy) is 1. The zero-order chi connectivity index (χ0) is 14.7. The summed E-state index contributed by atoms with van der Waals surface area (Å²) in [6.45, 7) is 1.94. The van der Waals surface area contributed by atoms with Gasteiger partial charge in [0.1, 0.15) is 11.8 Å². The van der Waals surface area contributed by atoms with Crippen LogP contribution in [-0.2, 0) is 39.8 Å². The fourth-order valence-corrected chi connectivity index (χ4v) is 2.30. The molecule has 105 valence electrons. The first-order valence-corrected chi connectivity index (χ1v) is 6.72. The molecule has 0 aliphatic carbocycles. The van der Waals surface area contributed by atoms with Gasteiger partial charge in [-0.05, 0) is 16.6 Å². The molecule has 21 heavy (non-hydrogen) atoms. The topological polar surface area (TPSA) is 55.0 Å². The number of rotatable bonds is 3. The van der Waals surface area contributed by atoms with E-state index in [1.54, 1.807) is 23.7 Å². The molecule has 0 saturated heterocycles. The molecule has 0 saturated carbocycles. The molecule has 0 spiro atoms. The molecule has 1 radical (unpaired) electrons. The summed E-state index contributed by atoms with van der Waals surface area (Å²) in [6, 6.07) is 12.1. The average molecular weight is 421 g/mol. The number of aryl methyl sites for hydroxylation is 1. The van der Waals surface area contributed by atoms with Crippen molar-refractivity contribution in [2.45, 2.75) is 6.92 Å². The van der Waals surface area contributed by atoms with Gasteiger partial charge in [0, 0.05) is 39.8 Å². The van der Waals surface area contributed by atoms with Crippen molar-refractivity contribution < 1.29 is 37.4 Å². The second kappa shape index (κ2) is 7.88. The standard InChI is InChI=1S/C15H12BrN2O2.Y/c1-10-9-11(20-8-7-17)3-4-12(10)14-6-5-13(16)15(19)18(14)2;/h3-5,9H,8H2,1-2H3;/q-1;. The van der Waals surface area contributed by atoms with Crippen LogP contribution in [0.4, 0.5) is 0 Å². The maximum Gasteiger partial charge on any atom is 0.208 e. The van der Waals surface area contributed by atoms with Crippen molar-refractivity contribution in [2.75, 3.05) is 6.61 Å². The minimum atomic E-state index is -0.108. The molecule has 0 bridgehead atoms. The van der Waals surface area contributed by atoms with Gasteiger partial charge in [0.15, 0.2) is 6.61 Å². The molecule has 0 fully saturated rings. The maximum absolute atomic E-state index is 11.9. The molecule has 2 rings (SSSR count). The second-order valence-electron chi connectivity index (χ2n) is 4.27. The average Bonchev–Trinajstić information content (AvgIpc) is 2.44. The van der Waals surface area contributed by atoms with E-state index in [-0.39, 0.29) is 44.9 Å². The van der Waals surface area contributed by atoms with Gasteiger partial charge in [-0.25, -0.2) is 0 Å². The number of hydrogen-bond donors (Lipinski definition) is 0. The van der Waals surface area contributed by atoms with E-state index in [0.29, 0.717) is 15.9 Å². The number of nitrogens with zero attached hydrogens (tertiary/aromatic N) is 2. The Kier molecular flexibility index (Phi) is 6.79. The van der Waals surface area contributed by atoms with Gasteiger partial charge in [-0.3, -0.25) is 4.79 Å². The van der Waals surface area contributed by atoms with E-state index >= 15 is 0 Å². The zero-order valence-electron chi connectivity index (χ0n) is 11.7. The van der Waals surface area contributed by atoms with Crippen molar-refractivity contribution >= 4 is 15.9 Å². The van der Waals surface area contributed by atoms with Crippen LogP contribution in [0.2, 0.25) is 0 Å². The smallest absolute Gasteiger partial charge is 0.208 e. The predicted molar refractivity (Wildman–Crippen MR) is 79.5 cm³/mol. The molecular weight excluding hydrogens is 409 g/mol. The fourth-order valence-electron chi connectivity index (χ4n) is 1.92. The Morgan fingerprint density at radius 2 is 2.19 bits per heavy atom. The van der Waals surface area contributed by atoms with E-state index in [2.05, 4.69) is 22.0 Å². The van der Waals surface area contributed by atoms with Crippen molar-refractivity contribution in [1.29, 1.82) is 5.26 Å². The van der Waals surface area contributed by atoms with Crippen LogP contribution in [0.15, 0.2) is 33.5 Å². The molecule has 4 nitrogen and oxygen atoms in total. The van der Waals surface area contributed by atoms with Crippen molar-refractivity contribution in [3.63, 3.8) is 0 Å². The number of benzene rings is 1. The molecule has 2 aromatic rings. The van der Waals surface area contributed by atoms with Gasteiger partial charge in [-0.1, -0.05) is 23.7 Å². The monoisotopic (exact) mass is 420 g/mol. The largest absolute Gasteiger partial charge is 0.479 e. The van der Waals surface area contributed by atoms with Crippen molar-refractivity contribution in [3.05, 3.63) is 50.7 Å². The predicted octanol–water partition coefficient (Wildman–Crippen LogP) is 2.82. The first-order valence-electron chi connectivity index (χ1n) is 5.92. The van der Waals surface area contributed by atoms with Crippen molar-refractivity contribution in [3.8, 4) is 23.1 Å². The molecule has 0 unspecified atom stereocenters. The molecule has 0 aliphatic heterocycles. The van der Waals surface area contributed by atoms with Crippen LogP contribution >= 0.6 is 15.9 Å². The van der Waals surface area contributed by atoms with Gasteiger partial charge in [-0.2, -0.15) is 17.4 Å². The molecule has 6 heteroatoms. The van der Waals surface area contributed by atoms with Crippen LogP contribution < -0.4 is 10.3 Å². The minimum absolute atomic E-state index is 0. The van der Waals surface area contributed by atoms with E-state index in [0.717, 1.165) is 11.1 Å². The van der Waals surface area contributed by atoms with E-state index in [4.69, 9.17) is 10.00 Å². The molecule has 1 aromatic heterocycles. The molecule has 0 N–H and O–H groups in total. The third-order valence-corrected chi connectivity index (χ3v) is 3.50. The van der Waals surface area contributed by atoms with E-state index in [1.807, 2.05) is 25.1 Å². The van der Waals surface area contributed by atoms with Crippen LogP contribution in [0.1, 0.15) is 5.56 Å². The molecule has 1 heterocycles. The summed E-state index contributed by atoms with van der Waals surface area (Å²) >= 11 is 3.20. The summed E-state index contributed by atoms with van der Waals surface area (Å²) in [4.78, 5) is 11.9. The van der Waals surface area contributed by atoms with Gasteiger partial charge in [-0.15, -0.1) is 22.0 Å². The third kappa shape index (κ3) is 4.03. The minimum Gasteiger partial charge on any atom is -0.479 e. The van der Waals surface area contributed by atoms with Gasteiger partial charge >= 0.3 is 0 Å². The third-order valence-electron chi connectivity index (χ3n) is 2.94. The van der Waals surface area contributed by atoms with Crippen LogP contribution in [0, 0.1) is 24.3 Å². The Hall–Kier alpha value is -0.956. The summed E-state index contributed by atoms with van der Waals surface area (Å²) in [5, 5.41) is 8.50. The Morgan fingerprint density at radius 1 is 1.48 bits per heavy atom. The number of halogens is 1. The molecule has 1 aromatic carbocycles. The normalized spacial score (nSPS) is 9.62. The molecule has 0 aliphatic rings. The van der Waals surface area contributed by atoms with Crippen molar-refractivity contribution in [1.82, 2.24) is 4.57 Å². The molecule has 0 atom stereocenters. The van der Waals surface area contributed by atoms with Crippen LogP contribution in [0.3, 0.4) is 0 Å². The molecule has 0 amide bonds. The van der Waals surface area contributed by atoms with Gasteiger partial charge in [0.25, 0.3) is 0 Å². The van der Waals surface area contributed by atoms with Crippen LogP contribution in [0.25, 0.3) is 11.3 Å². The van der Waals surface area contributed by atoms with E-state index < -0.39 is 0 Å². The first kappa shape index (κ1) is 18.1. The van der Waals surface area contributed by atoms with Gasteiger partial charge in [0.2, 0.25) is 5.56 Å². The summed E-state index contributed by atoms with van der Waals surface area (Å²) in [5.41, 5.74) is 2.46. The number of hydrogen-bond acceptors (Lipinski definition) is 3. The Balaban J connectivity index is 0.00000220. The Bertz CT molecular complexity index is 750. The quantitative estimate of drug-likeness (QED) is 0.717. The summed E-state index contributed by atoms with van der Waals surface area (Å²) in [7, 11) is 1.71. The molecular formula is C15H12BrN2O2Y-. The summed E-state index contributed by atoms with van der Waals surface area (Å²) in [5.74, 6) is 0.634. The zero-order valence-corrected chi connectivity index (χ0v) is 16.1. The van der Waals surface area contributed by atoms with Crippen LogP contribution in [0.5, 0.6) is 5.75 Å². The van der Waals surface area contributed by atoms with E-state index in [1.165, 1.54) is 0 Å². The number of pyridine rings is 1. The number of nitriles is 1. The first-order chi connectivity index (χ1) is 9.54. The van der Waals surface area contributed by atoms with E-state index in [9.17, 15) is 4.79 Å². The van der Waals surface area contributed by atoms with Gasteiger partial charge in [0.05, 0.1) is 0 Å². The maximum atomic E-state index is 11.9. The Labute approximate surface area is 156 Å². The van der Waals surface area contributed by atoms with Gasteiger partial charge < -0.3 is 9.30 Å². The van der Waals surface area contributed by atoms with Crippen molar-refractivity contribution in [2.24, 2.45) is 7.05 Å². The van der Waals surface area contributed by atoms with Crippen LogP contribution in [-0.4, -0.2) is 11.2 Å². The number of aromatic nitrogens is 1. The summed E-state index contributed by atoms with van der Waals surface area (Å²) in [6.07, 6.45) is 0. The summed E-state index contributed by atoms with van der Waals surface area (Å²) < 4.78 is 7.28. The Morgan fingerprint density at radius 3 is 2.81 bits per heavy atom. The fraction of sp³-hybridized carbons (Fsp3) is 0.200. The second-order valence-corrected chi connectivity index (χ2v) is 5.13. The SMILES string of the molecule is Cc1cc(OCC#N)ccc1-c1[c-]cc(Br)c(=O)n1C.[Y].